The minimum Gasteiger partial charge on any atom is -0.304 e. The van der Waals surface area contributed by atoms with Crippen molar-refractivity contribution in [3.63, 3.8) is 0 Å². The second-order valence-electron chi connectivity index (χ2n) is 3.79. The number of Topliss-reactive ketones (excluding diaryl/α,β-unsaturated/α-hetero) is 1. The molecule has 0 bridgehead atoms. The fraction of sp³-hybridized carbons (Fsp3) is 0.273. The number of hydrogen-bond acceptors (Lipinski definition) is 2. The zero-order valence-electron chi connectivity index (χ0n) is 8.92. The molecule has 0 radical (unpaired) electrons. The highest BCUT2D eigenvalue weighted by molar-refractivity contribution is 6.55. The number of hydrogen-bond donors (Lipinski definition) is 0. The van der Waals surface area contributed by atoms with Crippen molar-refractivity contribution in [3.8, 4) is 0 Å². The molecule has 1 aliphatic rings. The fourth-order valence-electron chi connectivity index (χ4n) is 1.76. The molecule has 0 N–H and O–H groups in total. The monoisotopic (exact) mass is 277 g/mol. The maximum atomic E-state index is 12.1. The molecule has 7 heteroatoms. The number of rotatable bonds is 2. The molecule has 18 heavy (non-hydrogen) atoms. The van der Waals surface area contributed by atoms with Gasteiger partial charge in [0.15, 0.2) is 0 Å². The van der Waals surface area contributed by atoms with Crippen LogP contribution in [-0.2, 0) is 4.79 Å². The Morgan fingerprint density at radius 2 is 1.89 bits per heavy atom. The van der Waals surface area contributed by atoms with Gasteiger partial charge in [-0.25, -0.2) is 0 Å². The maximum absolute atomic E-state index is 12.1. The summed E-state index contributed by atoms with van der Waals surface area (Å²) in [5, 5.41) is 0.0698. The first-order chi connectivity index (χ1) is 8.31. The largest absolute Gasteiger partial charge is 0.390 e. The van der Waals surface area contributed by atoms with Crippen molar-refractivity contribution < 1.29 is 22.8 Å². The van der Waals surface area contributed by atoms with Crippen LogP contribution in [0.2, 0.25) is 5.02 Å². The second kappa shape index (κ2) is 4.28. The van der Waals surface area contributed by atoms with Crippen LogP contribution >= 0.6 is 11.6 Å². The molecule has 0 saturated carbocycles. The minimum absolute atomic E-state index is 0.0219. The lowest BCUT2D eigenvalue weighted by molar-refractivity contribution is -0.133. The molecular formula is C11H7ClF3NO2. The van der Waals surface area contributed by atoms with Crippen molar-refractivity contribution in [2.45, 2.75) is 12.6 Å². The number of nitrogens with zero attached hydrogens (tertiary/aromatic N) is 1. The van der Waals surface area contributed by atoms with Gasteiger partial charge in [-0.1, -0.05) is 17.7 Å². The quantitative estimate of drug-likeness (QED) is 0.780. The van der Waals surface area contributed by atoms with Crippen molar-refractivity contribution in [1.29, 1.82) is 0 Å². The summed E-state index contributed by atoms with van der Waals surface area (Å²) < 4.78 is 36.4. The van der Waals surface area contributed by atoms with Crippen molar-refractivity contribution in [2.24, 2.45) is 0 Å². The maximum Gasteiger partial charge on any atom is 0.390 e. The van der Waals surface area contributed by atoms with Gasteiger partial charge >= 0.3 is 6.18 Å². The van der Waals surface area contributed by atoms with Gasteiger partial charge in [-0.05, 0) is 12.1 Å². The molecule has 3 nitrogen and oxygen atoms in total. The highest BCUT2D eigenvalue weighted by atomic mass is 35.5. The van der Waals surface area contributed by atoms with Crippen molar-refractivity contribution in [3.05, 3.63) is 28.8 Å². The summed E-state index contributed by atoms with van der Waals surface area (Å²) >= 11 is 5.76. The lowest BCUT2D eigenvalue weighted by Gasteiger charge is -2.17. The van der Waals surface area contributed by atoms with Gasteiger partial charge in [0.1, 0.15) is 0 Å². The Labute approximate surface area is 105 Å². The van der Waals surface area contributed by atoms with E-state index < -0.39 is 30.8 Å². The lowest BCUT2D eigenvalue weighted by atomic mass is 10.1. The second-order valence-corrected chi connectivity index (χ2v) is 4.19. The molecule has 0 unspecified atom stereocenters. The number of benzene rings is 1. The molecule has 1 amide bonds. The number of amides is 1. The van der Waals surface area contributed by atoms with Gasteiger partial charge in [0.05, 0.1) is 22.7 Å². The van der Waals surface area contributed by atoms with Gasteiger partial charge in [-0.2, -0.15) is 13.2 Å². The van der Waals surface area contributed by atoms with Gasteiger partial charge < -0.3 is 4.90 Å². The first-order valence-electron chi connectivity index (χ1n) is 5.03. The summed E-state index contributed by atoms with van der Waals surface area (Å²) in [4.78, 5) is 24.0. The molecule has 1 heterocycles. The average Bonchev–Trinajstić information content (AvgIpc) is 2.50. The van der Waals surface area contributed by atoms with Crippen LogP contribution in [-0.4, -0.2) is 24.4 Å². The van der Waals surface area contributed by atoms with Crippen LogP contribution in [0.1, 0.15) is 16.8 Å². The van der Waals surface area contributed by atoms with Gasteiger partial charge in [0.2, 0.25) is 0 Å². The third kappa shape index (κ3) is 2.20. The Morgan fingerprint density at radius 1 is 1.22 bits per heavy atom. The molecule has 1 aromatic rings. The van der Waals surface area contributed by atoms with E-state index in [4.69, 9.17) is 11.6 Å². The number of anilines is 1. The Balaban J connectivity index is 2.32. The van der Waals surface area contributed by atoms with E-state index in [2.05, 4.69) is 0 Å². The third-order valence-electron chi connectivity index (χ3n) is 2.57. The summed E-state index contributed by atoms with van der Waals surface area (Å²) in [6.07, 6.45) is -5.55. The summed E-state index contributed by atoms with van der Waals surface area (Å²) in [5.74, 6) is -1.83. The molecule has 1 aromatic carbocycles. The van der Waals surface area contributed by atoms with E-state index in [-0.39, 0.29) is 16.3 Å². The van der Waals surface area contributed by atoms with Crippen LogP contribution in [0, 0.1) is 0 Å². The minimum atomic E-state index is -4.38. The van der Waals surface area contributed by atoms with E-state index in [1.54, 1.807) is 0 Å². The number of carbonyl (C=O) groups is 2. The Morgan fingerprint density at radius 3 is 2.50 bits per heavy atom. The molecule has 2 rings (SSSR count). The normalized spacial score (nSPS) is 15.2. The van der Waals surface area contributed by atoms with E-state index >= 15 is 0 Å². The van der Waals surface area contributed by atoms with Gasteiger partial charge in [0.25, 0.3) is 11.7 Å². The average molecular weight is 278 g/mol. The standard InChI is InChI=1S/C11H7ClF3NO2/c12-6-2-1-3-7-8(6)9(17)10(18)16(7)5-4-11(13,14)15/h1-3H,4-5H2. The molecule has 0 aliphatic carbocycles. The van der Waals surface area contributed by atoms with Crippen LogP contribution < -0.4 is 4.90 Å². The molecule has 0 aromatic heterocycles. The number of fused-ring (bicyclic) bond motifs is 1. The van der Waals surface area contributed by atoms with E-state index in [1.165, 1.54) is 18.2 Å². The third-order valence-corrected chi connectivity index (χ3v) is 2.88. The van der Waals surface area contributed by atoms with E-state index in [1.807, 2.05) is 0 Å². The molecule has 0 saturated heterocycles. The lowest BCUT2D eigenvalue weighted by Crippen LogP contribution is -2.33. The zero-order valence-corrected chi connectivity index (χ0v) is 9.68. The van der Waals surface area contributed by atoms with Crippen LogP contribution in [0.3, 0.4) is 0 Å². The van der Waals surface area contributed by atoms with Gasteiger partial charge in [0, 0.05) is 6.54 Å². The first-order valence-corrected chi connectivity index (χ1v) is 5.40. The Kier molecular flexibility index (Phi) is 3.06. The highest BCUT2D eigenvalue weighted by Gasteiger charge is 2.39. The van der Waals surface area contributed by atoms with E-state index in [9.17, 15) is 22.8 Å². The highest BCUT2D eigenvalue weighted by Crippen LogP contribution is 2.35. The van der Waals surface area contributed by atoms with E-state index in [0.29, 0.717) is 0 Å². The SMILES string of the molecule is O=C1C(=O)N(CCC(F)(F)F)c2cccc(Cl)c21. The number of carbonyl (C=O) groups excluding carboxylic acids is 2. The van der Waals surface area contributed by atoms with Crippen molar-refractivity contribution >= 4 is 29.0 Å². The fourth-order valence-corrected chi connectivity index (χ4v) is 2.02. The van der Waals surface area contributed by atoms with Crippen LogP contribution in [0.15, 0.2) is 18.2 Å². The van der Waals surface area contributed by atoms with Crippen molar-refractivity contribution in [1.82, 2.24) is 0 Å². The number of alkyl halides is 3. The molecule has 0 atom stereocenters. The summed E-state index contributed by atoms with van der Waals surface area (Å²) in [7, 11) is 0. The first kappa shape index (κ1) is 12.9. The molecular weight excluding hydrogens is 271 g/mol. The van der Waals surface area contributed by atoms with Crippen molar-refractivity contribution in [2.75, 3.05) is 11.4 Å². The molecule has 96 valence electrons. The molecule has 0 fully saturated rings. The molecule has 0 spiro atoms. The van der Waals surface area contributed by atoms with Gasteiger partial charge in [-0.15, -0.1) is 0 Å². The smallest absolute Gasteiger partial charge is 0.304 e. The predicted octanol–water partition coefficient (Wildman–Crippen LogP) is 2.82. The topological polar surface area (TPSA) is 37.4 Å². The summed E-state index contributed by atoms with van der Waals surface area (Å²) in [6.45, 7) is -0.582. The van der Waals surface area contributed by atoms with Crippen LogP contribution in [0.5, 0.6) is 0 Å². The predicted molar refractivity (Wildman–Crippen MR) is 58.8 cm³/mol. The Hall–Kier alpha value is -1.56. The molecule has 1 aliphatic heterocycles. The Bertz CT molecular complexity index is 528. The summed E-state index contributed by atoms with van der Waals surface area (Å²) in [6, 6.07) is 4.30. The van der Waals surface area contributed by atoms with Crippen LogP contribution in [0.4, 0.5) is 18.9 Å². The van der Waals surface area contributed by atoms with Gasteiger partial charge in [-0.3, -0.25) is 9.59 Å². The summed E-state index contributed by atoms with van der Waals surface area (Å²) in [5.41, 5.74) is 0.119. The number of halogens is 4. The van der Waals surface area contributed by atoms with Crippen LogP contribution in [0.25, 0.3) is 0 Å². The number of ketones is 1. The zero-order chi connectivity index (χ0) is 13.5. The van der Waals surface area contributed by atoms with E-state index in [0.717, 1.165) is 4.90 Å².